The smallest absolute Gasteiger partial charge is 0.410 e. The zero-order valence-electron chi connectivity index (χ0n) is 20.6. The van der Waals surface area contributed by atoms with Crippen LogP contribution in [-0.4, -0.2) is 69.5 Å². The van der Waals surface area contributed by atoms with Gasteiger partial charge < -0.3 is 19.9 Å². The van der Waals surface area contributed by atoms with Crippen molar-refractivity contribution in [3.63, 3.8) is 0 Å². The third-order valence-corrected chi connectivity index (χ3v) is 5.72. The second-order valence-corrected chi connectivity index (χ2v) is 9.81. The van der Waals surface area contributed by atoms with E-state index in [0.29, 0.717) is 23.4 Å². The Morgan fingerprint density at radius 2 is 1.80 bits per heavy atom. The molecule has 0 saturated carbocycles. The number of amides is 3. The number of nitrogens with one attached hydrogen (secondary N) is 1. The molecule has 1 fully saturated rings. The molecule has 3 rings (SSSR count). The lowest BCUT2D eigenvalue weighted by Crippen LogP contribution is -2.57. The number of ether oxygens (including phenoxy) is 1. The average molecular weight is 506 g/mol. The Kier molecular flexibility index (Phi) is 7.64. The van der Waals surface area contributed by atoms with E-state index in [9.17, 15) is 18.8 Å². The molecule has 3 heterocycles. The molecule has 1 aliphatic heterocycles. The second-order valence-electron chi connectivity index (χ2n) is 9.42. The fourth-order valence-electron chi connectivity index (χ4n) is 3.93. The van der Waals surface area contributed by atoms with Gasteiger partial charge in [-0.15, -0.1) is 0 Å². The van der Waals surface area contributed by atoms with Crippen LogP contribution in [0.25, 0.3) is 11.3 Å². The lowest BCUT2D eigenvalue weighted by Gasteiger charge is -2.45. The van der Waals surface area contributed by atoms with Gasteiger partial charge in [0.1, 0.15) is 16.4 Å². The van der Waals surface area contributed by atoms with E-state index in [1.165, 1.54) is 20.0 Å². The van der Waals surface area contributed by atoms with E-state index in [4.69, 9.17) is 16.3 Å². The summed E-state index contributed by atoms with van der Waals surface area (Å²) >= 11 is 6.32. The first kappa shape index (κ1) is 26.3. The maximum Gasteiger partial charge on any atom is 0.410 e. The summed E-state index contributed by atoms with van der Waals surface area (Å²) in [4.78, 5) is 48.5. The van der Waals surface area contributed by atoms with Gasteiger partial charge in [-0.3, -0.25) is 9.59 Å². The van der Waals surface area contributed by atoms with Crippen molar-refractivity contribution in [1.82, 2.24) is 25.1 Å². The Hall–Kier alpha value is -3.27. The van der Waals surface area contributed by atoms with Crippen LogP contribution in [-0.2, 0) is 9.53 Å². The molecule has 0 bridgehead atoms. The van der Waals surface area contributed by atoms with Crippen molar-refractivity contribution in [3.8, 4) is 11.3 Å². The lowest BCUT2D eigenvalue weighted by molar-refractivity contribution is -0.135. The first-order valence-electron chi connectivity index (χ1n) is 11.1. The normalized spacial score (nSPS) is 18.3. The molecule has 188 valence electrons. The fraction of sp³-hybridized carbons (Fsp3) is 0.458. The largest absolute Gasteiger partial charge is 0.444 e. The van der Waals surface area contributed by atoms with E-state index in [-0.39, 0.29) is 29.3 Å². The van der Waals surface area contributed by atoms with Crippen molar-refractivity contribution in [2.45, 2.75) is 52.3 Å². The molecule has 0 spiro atoms. The number of aromatic nitrogens is 2. The van der Waals surface area contributed by atoms with E-state index < -0.39 is 29.6 Å². The molecule has 0 unspecified atom stereocenters. The summed E-state index contributed by atoms with van der Waals surface area (Å²) in [7, 11) is 1.42. The van der Waals surface area contributed by atoms with Gasteiger partial charge in [0, 0.05) is 44.7 Å². The van der Waals surface area contributed by atoms with E-state index in [2.05, 4.69) is 15.3 Å². The summed E-state index contributed by atoms with van der Waals surface area (Å²) in [5.41, 5.74) is 0.408. The van der Waals surface area contributed by atoms with E-state index in [1.807, 2.05) is 6.92 Å². The van der Waals surface area contributed by atoms with Gasteiger partial charge in [0.15, 0.2) is 0 Å². The molecule has 9 nitrogen and oxygen atoms in total. The SMILES string of the molecule is CNC(=O)c1cc(-c2cc([C@@H]3CN(C(=O)OC(C)(C)C)[C@@H](C)CN3C(C)=O)cc(Cl)n2)cc(F)n1. The molecule has 1 N–H and O–H groups in total. The van der Waals surface area contributed by atoms with Gasteiger partial charge in [-0.05, 0) is 51.5 Å². The highest BCUT2D eigenvalue weighted by atomic mass is 35.5. The highest BCUT2D eigenvalue weighted by molar-refractivity contribution is 6.29. The summed E-state index contributed by atoms with van der Waals surface area (Å²) in [5.74, 6) is -1.57. The third-order valence-electron chi connectivity index (χ3n) is 5.52. The van der Waals surface area contributed by atoms with Crippen LogP contribution in [0.3, 0.4) is 0 Å². The molecule has 11 heteroatoms. The van der Waals surface area contributed by atoms with E-state index in [1.54, 1.807) is 42.7 Å². The number of pyridine rings is 2. The molecular weight excluding hydrogens is 477 g/mol. The summed E-state index contributed by atoms with van der Waals surface area (Å²) in [6.07, 6.45) is -0.481. The van der Waals surface area contributed by atoms with Crippen LogP contribution >= 0.6 is 11.6 Å². The molecule has 2 aromatic rings. The molecule has 0 radical (unpaired) electrons. The standard InChI is InChI=1S/C24H29ClFN5O4/c1-13-11-31(14(2)32)19(12-30(13)23(34)35-24(3,4)5)16-8-17(28-20(25)9-16)15-7-18(22(33)27-6)29-21(26)10-15/h7-10,13,19H,11-12H2,1-6H3,(H,27,33)/t13-,19-/m0/s1. The maximum absolute atomic E-state index is 14.2. The molecule has 0 aliphatic carbocycles. The molecular formula is C24H29ClFN5O4. The lowest BCUT2D eigenvalue weighted by atomic mass is 9.98. The Bertz CT molecular complexity index is 1150. The average Bonchev–Trinajstić information content (AvgIpc) is 2.76. The second kappa shape index (κ2) is 10.2. The topological polar surface area (TPSA) is 105 Å². The van der Waals surface area contributed by atoms with Crippen molar-refractivity contribution in [3.05, 3.63) is 46.6 Å². The predicted molar refractivity (Wildman–Crippen MR) is 128 cm³/mol. The minimum absolute atomic E-state index is 0.112. The molecule has 35 heavy (non-hydrogen) atoms. The zero-order valence-corrected chi connectivity index (χ0v) is 21.3. The predicted octanol–water partition coefficient (Wildman–Crippen LogP) is 3.82. The number of hydrogen-bond acceptors (Lipinski definition) is 6. The van der Waals surface area contributed by atoms with Gasteiger partial charge >= 0.3 is 6.09 Å². The highest BCUT2D eigenvalue weighted by Crippen LogP contribution is 2.33. The van der Waals surface area contributed by atoms with Crippen LogP contribution in [0, 0.1) is 5.95 Å². The quantitative estimate of drug-likeness (QED) is 0.636. The Morgan fingerprint density at radius 1 is 1.11 bits per heavy atom. The first-order chi connectivity index (χ1) is 16.3. The zero-order chi connectivity index (χ0) is 26.1. The first-order valence-corrected chi connectivity index (χ1v) is 11.5. The summed E-state index contributed by atoms with van der Waals surface area (Å²) < 4.78 is 19.8. The number of carbonyl (C=O) groups excluding carboxylic acids is 3. The van der Waals surface area contributed by atoms with Gasteiger partial charge in [-0.25, -0.2) is 14.8 Å². The van der Waals surface area contributed by atoms with Crippen molar-refractivity contribution in [1.29, 1.82) is 0 Å². The number of rotatable bonds is 3. The number of piperazine rings is 1. The number of hydrogen-bond donors (Lipinski definition) is 1. The van der Waals surface area contributed by atoms with Crippen LogP contribution in [0.1, 0.15) is 56.7 Å². The highest BCUT2D eigenvalue weighted by Gasteiger charge is 2.38. The molecule has 2 atom stereocenters. The van der Waals surface area contributed by atoms with E-state index >= 15 is 0 Å². The van der Waals surface area contributed by atoms with Gasteiger partial charge in [-0.2, -0.15) is 4.39 Å². The van der Waals surface area contributed by atoms with E-state index in [0.717, 1.165) is 6.07 Å². The summed E-state index contributed by atoms with van der Waals surface area (Å²) in [6, 6.07) is 5.01. The fourth-order valence-corrected chi connectivity index (χ4v) is 4.15. The Balaban J connectivity index is 2.04. The maximum atomic E-state index is 14.2. The van der Waals surface area contributed by atoms with Crippen molar-refractivity contribution >= 4 is 29.5 Å². The van der Waals surface area contributed by atoms with Gasteiger partial charge in [0.25, 0.3) is 5.91 Å². The van der Waals surface area contributed by atoms with Crippen molar-refractivity contribution in [2.24, 2.45) is 0 Å². The Labute approximate surface area is 208 Å². The Morgan fingerprint density at radius 3 is 2.40 bits per heavy atom. The number of carbonyl (C=O) groups is 3. The van der Waals surface area contributed by atoms with Crippen LogP contribution in [0.5, 0.6) is 0 Å². The molecule has 2 aromatic heterocycles. The van der Waals surface area contributed by atoms with Crippen LogP contribution in [0.2, 0.25) is 5.15 Å². The monoisotopic (exact) mass is 505 g/mol. The van der Waals surface area contributed by atoms with Crippen LogP contribution in [0.15, 0.2) is 24.3 Å². The van der Waals surface area contributed by atoms with Crippen LogP contribution < -0.4 is 5.32 Å². The molecule has 1 aliphatic rings. The molecule has 1 saturated heterocycles. The number of nitrogens with zero attached hydrogens (tertiary/aromatic N) is 4. The van der Waals surface area contributed by atoms with Gasteiger partial charge in [-0.1, -0.05) is 11.6 Å². The molecule has 3 amide bonds. The van der Waals surface area contributed by atoms with Crippen molar-refractivity contribution < 1.29 is 23.5 Å². The molecule has 0 aromatic carbocycles. The van der Waals surface area contributed by atoms with Gasteiger partial charge in [0.2, 0.25) is 11.9 Å². The summed E-state index contributed by atoms with van der Waals surface area (Å²) in [6.45, 7) is 9.13. The summed E-state index contributed by atoms with van der Waals surface area (Å²) in [5, 5.41) is 2.52. The van der Waals surface area contributed by atoms with Gasteiger partial charge in [0.05, 0.1) is 11.7 Å². The minimum Gasteiger partial charge on any atom is -0.444 e. The number of halogens is 2. The van der Waals surface area contributed by atoms with Crippen molar-refractivity contribution in [2.75, 3.05) is 20.1 Å². The third kappa shape index (κ3) is 6.25. The minimum atomic E-state index is -0.850. The van der Waals surface area contributed by atoms with Crippen LogP contribution in [0.4, 0.5) is 9.18 Å².